The fraction of sp³-hybridized carbons (Fsp3) is 0.410. The monoisotopic (exact) mass is 827 g/mol. The normalized spacial score (nSPS) is 15.9. The van der Waals surface area contributed by atoms with Crippen LogP contribution in [-0.2, 0) is 46.6 Å². The maximum Gasteiger partial charge on any atom is 0.306 e. The first kappa shape index (κ1) is 41.5. The number of halogens is 2. The Bertz CT molecular complexity index is 2190. The Hall–Kier alpha value is -6.11. The van der Waals surface area contributed by atoms with Crippen molar-refractivity contribution in [2.75, 3.05) is 47.1 Å². The van der Waals surface area contributed by atoms with Crippen molar-refractivity contribution in [1.82, 2.24) is 14.7 Å². The molecule has 1 fully saturated rings. The number of aliphatic carboxylic acids is 1. The van der Waals surface area contributed by atoms with E-state index in [1.54, 1.807) is 6.07 Å². The summed E-state index contributed by atoms with van der Waals surface area (Å²) in [5.41, 5.74) is 0.756. The minimum Gasteiger partial charge on any atom is -0.493 e. The van der Waals surface area contributed by atoms with Gasteiger partial charge >= 0.3 is 11.9 Å². The topological polar surface area (TPSA) is 196 Å². The van der Waals surface area contributed by atoms with E-state index in [0.717, 1.165) is 28.4 Å². The molecule has 4 amide bonds. The van der Waals surface area contributed by atoms with E-state index in [1.807, 2.05) is 0 Å². The molecule has 0 bridgehead atoms. The lowest BCUT2D eigenvalue weighted by molar-refractivity contribution is -0.149. The second kappa shape index (κ2) is 18.0. The number of esters is 1. The molecule has 6 rings (SSSR count). The highest BCUT2D eigenvalue weighted by atomic mass is 32.1. The second-order valence-electron chi connectivity index (χ2n) is 13.6. The van der Waals surface area contributed by atoms with E-state index in [4.69, 9.17) is 28.8 Å². The molecule has 0 saturated carbocycles. The van der Waals surface area contributed by atoms with Crippen molar-refractivity contribution < 1.29 is 71.1 Å². The Kier molecular flexibility index (Phi) is 12.9. The number of carbonyl (C=O) groups is 7. The SMILES string of the molecule is COc1cc2c(c(F)c1OCCCOc1c(OC)cc3sc(C(=O)CCC(=O)OC4CCN(C(=O)CN5C(=O)C=CC5=O)C4)cc3c1F)CN(C(=O)CCC(=O)O)C2. The molecule has 3 aromatic rings. The Morgan fingerprint density at radius 1 is 0.828 bits per heavy atom. The first-order chi connectivity index (χ1) is 27.8. The maximum absolute atomic E-state index is 15.8. The van der Waals surface area contributed by atoms with Crippen molar-refractivity contribution in [2.24, 2.45) is 0 Å². The van der Waals surface area contributed by atoms with Crippen LogP contribution in [0, 0.1) is 11.6 Å². The van der Waals surface area contributed by atoms with E-state index in [1.165, 1.54) is 36.2 Å². The number of rotatable bonds is 18. The predicted octanol–water partition coefficient (Wildman–Crippen LogP) is 3.78. The van der Waals surface area contributed by atoms with Crippen LogP contribution < -0.4 is 18.9 Å². The molecule has 2 aromatic carbocycles. The summed E-state index contributed by atoms with van der Waals surface area (Å²) in [5, 5.41) is 8.99. The molecular formula is C39H39F2N3O13S. The number of nitrogens with zero attached hydrogens (tertiary/aromatic N) is 3. The van der Waals surface area contributed by atoms with Crippen molar-refractivity contribution in [3.05, 3.63) is 58.0 Å². The van der Waals surface area contributed by atoms with Crippen LogP contribution in [0.4, 0.5) is 8.78 Å². The van der Waals surface area contributed by atoms with Gasteiger partial charge in [-0.2, -0.15) is 0 Å². The standard InChI is InChI=1S/C39H39F2N3O13S/c1-53-26-14-21-17-43(30(46)7-8-34(50)51)19-24(21)37(41)38(26)55-12-3-13-56-39-27(54-2)16-28-23(36(39)40)15-29(58-28)25(45)4-9-35(52)57-22-10-11-42(18-22)33(49)20-44-31(47)5-6-32(44)48/h5-6,14-16,22H,3-4,7-13,17-20H2,1-2H3,(H,50,51). The first-order valence-corrected chi connectivity index (χ1v) is 19.1. The third-order valence-corrected chi connectivity index (χ3v) is 10.8. The summed E-state index contributed by atoms with van der Waals surface area (Å²) in [6.07, 6.45) is 1.08. The first-order valence-electron chi connectivity index (χ1n) is 18.2. The Morgan fingerprint density at radius 2 is 1.50 bits per heavy atom. The summed E-state index contributed by atoms with van der Waals surface area (Å²) in [4.78, 5) is 88.8. The number of imide groups is 1. The van der Waals surface area contributed by atoms with E-state index in [0.29, 0.717) is 16.7 Å². The Balaban J connectivity index is 0.986. The molecule has 0 spiro atoms. The highest BCUT2D eigenvalue weighted by Gasteiger charge is 2.34. The third-order valence-electron chi connectivity index (χ3n) is 9.72. The summed E-state index contributed by atoms with van der Waals surface area (Å²) in [5.74, 6) is -5.87. The molecule has 0 radical (unpaired) electrons. The molecular weight excluding hydrogens is 788 g/mol. The van der Waals surface area contributed by atoms with Crippen molar-refractivity contribution in [3.8, 4) is 23.0 Å². The number of amides is 4. The quantitative estimate of drug-likeness (QED) is 0.0843. The van der Waals surface area contributed by atoms with Crippen molar-refractivity contribution >= 4 is 62.8 Å². The smallest absolute Gasteiger partial charge is 0.306 e. The molecule has 4 heterocycles. The van der Waals surface area contributed by atoms with Gasteiger partial charge in [-0.1, -0.05) is 0 Å². The number of fused-ring (bicyclic) bond motifs is 2. The van der Waals surface area contributed by atoms with E-state index in [2.05, 4.69) is 0 Å². The van der Waals surface area contributed by atoms with Gasteiger partial charge in [0.25, 0.3) is 11.8 Å². The lowest BCUT2D eigenvalue weighted by atomic mass is 10.1. The van der Waals surface area contributed by atoms with E-state index in [9.17, 15) is 33.6 Å². The molecule has 308 valence electrons. The largest absolute Gasteiger partial charge is 0.493 e. The van der Waals surface area contributed by atoms with Crippen LogP contribution in [-0.4, -0.2) is 114 Å². The molecule has 1 N–H and O–H groups in total. The lowest BCUT2D eigenvalue weighted by Gasteiger charge is -2.20. The van der Waals surface area contributed by atoms with Crippen LogP contribution >= 0.6 is 11.3 Å². The van der Waals surface area contributed by atoms with E-state index >= 15 is 8.78 Å². The van der Waals surface area contributed by atoms with Gasteiger partial charge in [0.05, 0.1) is 51.7 Å². The molecule has 1 atom stereocenters. The molecule has 1 saturated heterocycles. The number of likely N-dealkylation sites (tertiary alicyclic amines) is 1. The molecule has 3 aliphatic heterocycles. The number of hydrogen-bond donors (Lipinski definition) is 1. The number of methoxy groups -OCH3 is 2. The fourth-order valence-corrected chi connectivity index (χ4v) is 7.74. The van der Waals surface area contributed by atoms with Crippen molar-refractivity contribution in [2.45, 2.75) is 57.7 Å². The van der Waals surface area contributed by atoms with Crippen LogP contribution in [0.15, 0.2) is 30.4 Å². The van der Waals surface area contributed by atoms with Crippen LogP contribution in [0.5, 0.6) is 23.0 Å². The summed E-state index contributed by atoms with van der Waals surface area (Å²) in [6, 6.07) is 4.46. The molecule has 58 heavy (non-hydrogen) atoms. The van der Waals surface area contributed by atoms with Gasteiger partial charge in [-0.15, -0.1) is 11.3 Å². The van der Waals surface area contributed by atoms with Gasteiger partial charge in [0.15, 0.2) is 40.4 Å². The third kappa shape index (κ3) is 9.19. The maximum atomic E-state index is 15.8. The summed E-state index contributed by atoms with van der Waals surface area (Å²) < 4.78 is 59.4. The molecule has 0 aliphatic carbocycles. The van der Waals surface area contributed by atoms with Crippen LogP contribution in [0.3, 0.4) is 0 Å². The second-order valence-corrected chi connectivity index (χ2v) is 14.6. The number of carbonyl (C=O) groups excluding carboxylic acids is 6. The molecule has 1 unspecified atom stereocenters. The van der Waals surface area contributed by atoms with Crippen molar-refractivity contribution in [1.29, 1.82) is 0 Å². The van der Waals surface area contributed by atoms with Crippen LogP contribution in [0.2, 0.25) is 0 Å². The van der Waals surface area contributed by atoms with Gasteiger partial charge in [0.2, 0.25) is 11.8 Å². The molecule has 1 aromatic heterocycles. The average Bonchev–Trinajstić information content (AvgIpc) is 4.01. The number of Topliss-reactive ketones (excluding diaryl/α,β-unsaturated/α-hetero) is 1. The minimum atomic E-state index is -1.11. The Labute approximate surface area is 333 Å². The van der Waals surface area contributed by atoms with E-state index in [-0.39, 0.29) is 110 Å². The van der Waals surface area contributed by atoms with Gasteiger partial charge in [0, 0.05) is 79.2 Å². The number of benzene rings is 2. The number of hydrogen-bond acceptors (Lipinski definition) is 13. The summed E-state index contributed by atoms with van der Waals surface area (Å²) in [6.45, 7) is -0.133. The number of ketones is 1. The number of thiophene rings is 1. The lowest BCUT2D eigenvalue weighted by Crippen LogP contribution is -2.42. The number of carboxylic acids is 1. The zero-order chi connectivity index (χ0) is 41.7. The van der Waals surface area contributed by atoms with Gasteiger partial charge in [-0.05, 0) is 17.7 Å². The molecule has 19 heteroatoms. The van der Waals surface area contributed by atoms with Gasteiger partial charge in [-0.3, -0.25) is 38.5 Å². The fourth-order valence-electron chi connectivity index (χ4n) is 6.68. The van der Waals surface area contributed by atoms with Gasteiger partial charge in [0.1, 0.15) is 12.6 Å². The molecule has 3 aliphatic rings. The van der Waals surface area contributed by atoms with E-state index < -0.39 is 65.6 Å². The van der Waals surface area contributed by atoms with Gasteiger partial charge < -0.3 is 38.6 Å². The summed E-state index contributed by atoms with van der Waals surface area (Å²) >= 11 is 1.02. The van der Waals surface area contributed by atoms with Gasteiger partial charge in [-0.25, -0.2) is 8.78 Å². The molecule has 16 nitrogen and oxygen atoms in total. The number of carboxylic acid groups (broad SMARTS) is 1. The van der Waals surface area contributed by atoms with Crippen LogP contribution in [0.1, 0.15) is 59.3 Å². The number of ether oxygens (including phenoxy) is 5. The van der Waals surface area contributed by atoms with Crippen LogP contribution in [0.25, 0.3) is 10.1 Å². The highest BCUT2D eigenvalue weighted by molar-refractivity contribution is 7.20. The average molecular weight is 828 g/mol. The zero-order valence-corrected chi connectivity index (χ0v) is 32.3. The zero-order valence-electron chi connectivity index (χ0n) is 31.5. The summed E-state index contributed by atoms with van der Waals surface area (Å²) in [7, 11) is 2.67. The predicted molar refractivity (Wildman–Crippen MR) is 199 cm³/mol. The van der Waals surface area contributed by atoms with Crippen molar-refractivity contribution in [3.63, 3.8) is 0 Å². The minimum absolute atomic E-state index is 0.0490. The highest BCUT2D eigenvalue weighted by Crippen LogP contribution is 2.41. The Morgan fingerprint density at radius 3 is 2.17 bits per heavy atom.